The first-order valence-corrected chi connectivity index (χ1v) is 3.58. The van der Waals surface area contributed by atoms with Gasteiger partial charge in [0.1, 0.15) is 11.5 Å². The summed E-state index contributed by atoms with van der Waals surface area (Å²) in [6, 6.07) is 0. The van der Waals surface area contributed by atoms with E-state index in [1.165, 1.54) is 0 Å². The third-order valence-electron chi connectivity index (χ3n) is 1.58. The number of aromatic nitrogens is 3. The number of nitrogens with two attached hydrogens (primary N) is 1. The second-order valence-corrected chi connectivity index (χ2v) is 3.70. The van der Waals surface area contributed by atoms with Crippen molar-refractivity contribution in [2.24, 2.45) is 7.05 Å². The molecule has 0 saturated heterocycles. The highest BCUT2D eigenvalue weighted by atomic mass is 15.4. The van der Waals surface area contributed by atoms with E-state index in [1.807, 2.05) is 0 Å². The monoisotopic (exact) mass is 154 g/mol. The Labute approximate surface area is 66.4 Å². The van der Waals surface area contributed by atoms with E-state index in [2.05, 4.69) is 31.1 Å². The minimum Gasteiger partial charge on any atom is -0.382 e. The molecule has 1 aromatic rings. The molecule has 0 bridgehead atoms. The topological polar surface area (TPSA) is 56.7 Å². The van der Waals surface area contributed by atoms with Gasteiger partial charge in [0.25, 0.3) is 0 Å². The van der Waals surface area contributed by atoms with E-state index in [1.54, 1.807) is 11.7 Å². The zero-order valence-electron chi connectivity index (χ0n) is 7.42. The molecule has 4 heteroatoms. The molecule has 0 amide bonds. The highest BCUT2D eigenvalue weighted by Gasteiger charge is 2.21. The molecular weight excluding hydrogens is 140 g/mol. The van der Waals surface area contributed by atoms with Crippen LogP contribution in [0.1, 0.15) is 26.5 Å². The van der Waals surface area contributed by atoms with Crippen molar-refractivity contribution in [2.75, 3.05) is 5.73 Å². The molecule has 2 N–H and O–H groups in total. The Bertz CT molecular complexity index is 256. The molecule has 0 aliphatic carbocycles. The van der Waals surface area contributed by atoms with Crippen molar-refractivity contribution in [1.29, 1.82) is 0 Å². The van der Waals surface area contributed by atoms with Crippen LogP contribution < -0.4 is 5.73 Å². The summed E-state index contributed by atoms with van der Waals surface area (Å²) in [7, 11) is 1.79. The van der Waals surface area contributed by atoms with Crippen molar-refractivity contribution >= 4 is 5.82 Å². The van der Waals surface area contributed by atoms with E-state index in [-0.39, 0.29) is 5.41 Å². The summed E-state index contributed by atoms with van der Waals surface area (Å²) in [5, 5.41) is 7.80. The maximum Gasteiger partial charge on any atom is 0.145 e. The molecule has 11 heavy (non-hydrogen) atoms. The van der Waals surface area contributed by atoms with Crippen molar-refractivity contribution in [2.45, 2.75) is 26.2 Å². The van der Waals surface area contributed by atoms with E-state index in [9.17, 15) is 0 Å². The fourth-order valence-corrected chi connectivity index (χ4v) is 0.899. The van der Waals surface area contributed by atoms with Crippen LogP contribution in [-0.4, -0.2) is 15.0 Å². The minimum atomic E-state index is -0.0155. The summed E-state index contributed by atoms with van der Waals surface area (Å²) in [6.45, 7) is 6.19. The van der Waals surface area contributed by atoms with Gasteiger partial charge in [-0.25, -0.2) is 4.68 Å². The average molecular weight is 154 g/mol. The molecule has 1 rings (SSSR count). The van der Waals surface area contributed by atoms with E-state index in [4.69, 9.17) is 5.73 Å². The van der Waals surface area contributed by atoms with E-state index in [0.717, 1.165) is 5.69 Å². The highest BCUT2D eigenvalue weighted by Crippen LogP contribution is 2.23. The molecule has 0 aliphatic rings. The van der Waals surface area contributed by atoms with Gasteiger partial charge in [0.05, 0.1) is 0 Å². The summed E-state index contributed by atoms with van der Waals surface area (Å²) in [6.07, 6.45) is 0. The average Bonchev–Trinajstić information content (AvgIpc) is 2.11. The molecular formula is C7H14N4. The Morgan fingerprint density at radius 2 is 1.91 bits per heavy atom. The van der Waals surface area contributed by atoms with Gasteiger partial charge in [-0.05, 0) is 0 Å². The maximum atomic E-state index is 5.73. The van der Waals surface area contributed by atoms with Gasteiger partial charge in [-0.2, -0.15) is 0 Å². The van der Waals surface area contributed by atoms with Crippen molar-refractivity contribution in [3.8, 4) is 0 Å². The number of anilines is 1. The molecule has 0 aromatic carbocycles. The van der Waals surface area contributed by atoms with E-state index >= 15 is 0 Å². The zero-order valence-corrected chi connectivity index (χ0v) is 7.42. The summed E-state index contributed by atoms with van der Waals surface area (Å²) >= 11 is 0. The summed E-state index contributed by atoms with van der Waals surface area (Å²) in [5.41, 5.74) is 6.57. The van der Waals surface area contributed by atoms with Crippen LogP contribution in [0.5, 0.6) is 0 Å². The molecule has 0 fully saturated rings. The summed E-state index contributed by atoms with van der Waals surface area (Å²) in [5.74, 6) is 0.650. The fraction of sp³-hybridized carbons (Fsp3) is 0.714. The Morgan fingerprint density at radius 1 is 1.36 bits per heavy atom. The lowest BCUT2D eigenvalue weighted by atomic mass is 9.92. The Morgan fingerprint density at radius 3 is 2.09 bits per heavy atom. The van der Waals surface area contributed by atoms with Crippen molar-refractivity contribution < 1.29 is 0 Å². The van der Waals surface area contributed by atoms with Crippen LogP contribution in [0.3, 0.4) is 0 Å². The molecule has 0 aliphatic heterocycles. The molecule has 0 atom stereocenters. The first-order valence-electron chi connectivity index (χ1n) is 3.58. The second-order valence-electron chi connectivity index (χ2n) is 3.70. The summed E-state index contributed by atoms with van der Waals surface area (Å²) in [4.78, 5) is 0. The summed E-state index contributed by atoms with van der Waals surface area (Å²) < 4.78 is 1.58. The lowest BCUT2D eigenvalue weighted by Crippen LogP contribution is -2.14. The number of rotatable bonds is 0. The van der Waals surface area contributed by atoms with Gasteiger partial charge < -0.3 is 5.73 Å². The van der Waals surface area contributed by atoms with Crippen LogP contribution in [0.2, 0.25) is 0 Å². The normalized spacial score (nSPS) is 12.0. The zero-order chi connectivity index (χ0) is 8.65. The maximum absolute atomic E-state index is 5.73. The van der Waals surface area contributed by atoms with Gasteiger partial charge in [-0.1, -0.05) is 26.0 Å². The van der Waals surface area contributed by atoms with Crippen LogP contribution >= 0.6 is 0 Å². The third kappa shape index (κ3) is 1.34. The number of nitrogen functional groups attached to an aromatic ring is 1. The molecule has 4 nitrogen and oxygen atoms in total. The smallest absolute Gasteiger partial charge is 0.145 e. The fourth-order valence-electron chi connectivity index (χ4n) is 0.899. The van der Waals surface area contributed by atoms with Crippen LogP contribution in [0, 0.1) is 0 Å². The van der Waals surface area contributed by atoms with Crippen LogP contribution in [0.25, 0.3) is 0 Å². The van der Waals surface area contributed by atoms with Gasteiger partial charge in [-0.3, -0.25) is 0 Å². The predicted octanol–water partition coefficient (Wildman–Crippen LogP) is 0.695. The quantitative estimate of drug-likeness (QED) is 0.598. The molecule has 0 saturated carbocycles. The van der Waals surface area contributed by atoms with Crippen LogP contribution in [0.15, 0.2) is 0 Å². The van der Waals surface area contributed by atoms with E-state index in [0.29, 0.717) is 5.82 Å². The van der Waals surface area contributed by atoms with Crippen molar-refractivity contribution in [3.63, 3.8) is 0 Å². The minimum absolute atomic E-state index is 0.0155. The molecule has 0 spiro atoms. The van der Waals surface area contributed by atoms with Crippen molar-refractivity contribution in [3.05, 3.63) is 5.69 Å². The first kappa shape index (κ1) is 8.04. The molecule has 0 unspecified atom stereocenters. The Kier molecular flexibility index (Phi) is 1.62. The second kappa shape index (κ2) is 2.22. The largest absolute Gasteiger partial charge is 0.382 e. The van der Waals surface area contributed by atoms with Gasteiger partial charge in [0, 0.05) is 12.5 Å². The number of hydrogen-bond donors (Lipinski definition) is 1. The molecule has 1 aromatic heterocycles. The number of aryl methyl sites for hydroxylation is 1. The Hall–Kier alpha value is -1.06. The first-order chi connectivity index (χ1) is 4.93. The molecule has 1 heterocycles. The Balaban J connectivity index is 3.15. The van der Waals surface area contributed by atoms with Gasteiger partial charge in [0.15, 0.2) is 0 Å². The van der Waals surface area contributed by atoms with Crippen molar-refractivity contribution in [1.82, 2.24) is 15.0 Å². The van der Waals surface area contributed by atoms with E-state index < -0.39 is 0 Å². The van der Waals surface area contributed by atoms with Gasteiger partial charge in [-0.15, -0.1) is 5.10 Å². The molecule has 62 valence electrons. The lowest BCUT2D eigenvalue weighted by molar-refractivity contribution is 0.568. The number of hydrogen-bond acceptors (Lipinski definition) is 3. The van der Waals surface area contributed by atoms with Gasteiger partial charge in [0.2, 0.25) is 0 Å². The lowest BCUT2D eigenvalue weighted by Gasteiger charge is -2.14. The SMILES string of the molecule is Cn1nnc(C(C)(C)C)c1N. The van der Waals surface area contributed by atoms with Crippen LogP contribution in [-0.2, 0) is 12.5 Å². The molecule has 0 radical (unpaired) electrons. The third-order valence-corrected chi connectivity index (χ3v) is 1.58. The number of nitrogens with zero attached hydrogens (tertiary/aromatic N) is 3. The highest BCUT2D eigenvalue weighted by molar-refractivity contribution is 5.37. The van der Waals surface area contributed by atoms with Crippen LogP contribution in [0.4, 0.5) is 5.82 Å². The van der Waals surface area contributed by atoms with Gasteiger partial charge >= 0.3 is 0 Å². The predicted molar refractivity (Wildman–Crippen MR) is 44.1 cm³/mol. The standard InChI is InChI=1S/C7H14N4/c1-7(2,3)5-6(8)11(4)10-9-5/h8H2,1-4H3.